The number of thiophene rings is 1. The number of benzene rings is 1. The van der Waals surface area contributed by atoms with E-state index < -0.39 is 11.9 Å². The first-order chi connectivity index (χ1) is 10.4. The van der Waals surface area contributed by atoms with Gasteiger partial charge in [-0.25, -0.2) is 0 Å². The molecule has 22 heavy (non-hydrogen) atoms. The Morgan fingerprint density at radius 3 is 2.45 bits per heavy atom. The normalized spacial score (nSPS) is 12.0. The lowest BCUT2D eigenvalue weighted by atomic mass is 10.1. The second kappa shape index (κ2) is 6.94. The molecule has 116 valence electrons. The summed E-state index contributed by atoms with van der Waals surface area (Å²) in [5, 5.41) is 9.58. The van der Waals surface area contributed by atoms with Crippen molar-refractivity contribution in [3.05, 3.63) is 46.3 Å². The van der Waals surface area contributed by atoms with Crippen LogP contribution in [0.15, 0.2) is 36.4 Å². The zero-order chi connectivity index (χ0) is 16.3. The van der Waals surface area contributed by atoms with Gasteiger partial charge in [0.05, 0.1) is 10.8 Å². The minimum Gasteiger partial charge on any atom is -0.481 e. The Bertz CT molecular complexity index is 681. The highest BCUT2D eigenvalue weighted by atomic mass is 35.5. The molecule has 0 radical (unpaired) electrons. The van der Waals surface area contributed by atoms with Gasteiger partial charge in [0.25, 0.3) is 5.91 Å². The molecular weight excluding hydrogens is 322 g/mol. The van der Waals surface area contributed by atoms with Crippen LogP contribution in [0.5, 0.6) is 0 Å². The molecule has 2 aromatic rings. The Kier molecular flexibility index (Phi) is 5.21. The summed E-state index contributed by atoms with van der Waals surface area (Å²) in [6, 6.07) is 11.1. The van der Waals surface area contributed by atoms with Crippen molar-refractivity contribution in [3.8, 4) is 10.4 Å². The number of hydrogen-bond acceptors (Lipinski definition) is 3. The number of aliphatic carboxylic acids is 1. The molecule has 4 nitrogen and oxygen atoms in total. The van der Waals surface area contributed by atoms with E-state index in [0.717, 1.165) is 10.4 Å². The number of carbonyl (C=O) groups excluding carboxylic acids is 1. The van der Waals surface area contributed by atoms with Crippen LogP contribution in [-0.4, -0.2) is 35.5 Å². The summed E-state index contributed by atoms with van der Waals surface area (Å²) in [7, 11) is 1.61. The van der Waals surface area contributed by atoms with Crippen LogP contribution in [0.3, 0.4) is 0 Å². The third kappa shape index (κ3) is 3.87. The average molecular weight is 338 g/mol. The molecule has 0 saturated heterocycles. The van der Waals surface area contributed by atoms with Gasteiger partial charge in [-0.3, -0.25) is 9.59 Å². The van der Waals surface area contributed by atoms with Crippen LogP contribution < -0.4 is 0 Å². The van der Waals surface area contributed by atoms with E-state index in [-0.39, 0.29) is 12.5 Å². The monoisotopic (exact) mass is 337 g/mol. The van der Waals surface area contributed by atoms with Crippen molar-refractivity contribution in [1.82, 2.24) is 4.90 Å². The van der Waals surface area contributed by atoms with Crippen molar-refractivity contribution in [2.45, 2.75) is 6.92 Å². The SMILES string of the molecule is CC(CN(C)C(=O)c1ccc(-c2ccc(Cl)cc2)s1)C(=O)O. The van der Waals surface area contributed by atoms with Crippen molar-refractivity contribution < 1.29 is 14.7 Å². The highest BCUT2D eigenvalue weighted by Crippen LogP contribution is 2.29. The van der Waals surface area contributed by atoms with Crippen LogP contribution >= 0.6 is 22.9 Å². The van der Waals surface area contributed by atoms with E-state index in [1.165, 1.54) is 16.2 Å². The van der Waals surface area contributed by atoms with Crippen LogP contribution in [0.2, 0.25) is 5.02 Å². The van der Waals surface area contributed by atoms with Gasteiger partial charge in [0.2, 0.25) is 0 Å². The van der Waals surface area contributed by atoms with E-state index in [0.29, 0.717) is 9.90 Å². The fourth-order valence-corrected chi connectivity index (χ4v) is 3.11. The second-order valence-electron chi connectivity index (χ2n) is 5.10. The standard InChI is InChI=1S/C16H16ClNO3S/c1-10(16(20)21)9-18(2)15(19)14-8-7-13(22-14)11-3-5-12(17)6-4-11/h3-8,10H,9H2,1-2H3,(H,20,21). The fourth-order valence-electron chi connectivity index (χ4n) is 1.98. The van der Waals surface area contributed by atoms with Crippen LogP contribution in [0, 0.1) is 5.92 Å². The quantitative estimate of drug-likeness (QED) is 0.901. The Labute approximate surface area is 137 Å². The molecule has 1 amide bonds. The van der Waals surface area contributed by atoms with Gasteiger partial charge < -0.3 is 10.0 Å². The maximum absolute atomic E-state index is 12.3. The molecule has 1 atom stereocenters. The third-order valence-corrected chi connectivity index (χ3v) is 4.64. The molecule has 0 spiro atoms. The Morgan fingerprint density at radius 1 is 1.23 bits per heavy atom. The first kappa shape index (κ1) is 16.5. The van der Waals surface area contributed by atoms with Gasteiger partial charge in [0.1, 0.15) is 0 Å². The molecule has 1 heterocycles. The molecule has 0 bridgehead atoms. The van der Waals surface area contributed by atoms with E-state index in [2.05, 4.69) is 0 Å². The summed E-state index contributed by atoms with van der Waals surface area (Å²) in [5.41, 5.74) is 0.995. The van der Waals surface area contributed by atoms with Crippen LogP contribution in [0.25, 0.3) is 10.4 Å². The van der Waals surface area contributed by atoms with Gasteiger partial charge >= 0.3 is 5.97 Å². The highest BCUT2D eigenvalue weighted by Gasteiger charge is 2.20. The average Bonchev–Trinajstić information content (AvgIpc) is 2.96. The Morgan fingerprint density at radius 2 is 1.86 bits per heavy atom. The molecule has 6 heteroatoms. The van der Waals surface area contributed by atoms with Gasteiger partial charge in [0.15, 0.2) is 0 Å². The lowest BCUT2D eigenvalue weighted by Gasteiger charge is -2.18. The van der Waals surface area contributed by atoms with Gasteiger partial charge in [-0.05, 0) is 29.8 Å². The first-order valence-corrected chi connectivity index (χ1v) is 7.92. The third-order valence-electron chi connectivity index (χ3n) is 3.26. The van der Waals surface area contributed by atoms with Crippen molar-refractivity contribution in [1.29, 1.82) is 0 Å². The summed E-state index contributed by atoms with van der Waals surface area (Å²) < 4.78 is 0. The highest BCUT2D eigenvalue weighted by molar-refractivity contribution is 7.17. The Hall–Kier alpha value is -1.85. The molecule has 0 aliphatic carbocycles. The molecule has 1 unspecified atom stereocenters. The summed E-state index contributed by atoms with van der Waals surface area (Å²) >= 11 is 7.25. The van der Waals surface area contributed by atoms with E-state index in [9.17, 15) is 9.59 Å². The number of carboxylic acid groups (broad SMARTS) is 1. The van der Waals surface area contributed by atoms with Crippen molar-refractivity contribution in [3.63, 3.8) is 0 Å². The minimum absolute atomic E-state index is 0.168. The number of nitrogens with zero attached hydrogens (tertiary/aromatic N) is 1. The molecule has 1 N–H and O–H groups in total. The summed E-state index contributed by atoms with van der Waals surface area (Å²) in [5.74, 6) is -1.67. The number of amides is 1. The molecule has 2 rings (SSSR count). The minimum atomic E-state index is -0.910. The van der Waals surface area contributed by atoms with E-state index in [1.807, 2.05) is 18.2 Å². The number of hydrogen-bond donors (Lipinski definition) is 1. The molecule has 1 aromatic carbocycles. The smallest absolute Gasteiger partial charge is 0.308 e. The maximum atomic E-state index is 12.3. The number of carbonyl (C=O) groups is 2. The zero-order valence-electron chi connectivity index (χ0n) is 12.2. The van der Waals surface area contributed by atoms with E-state index in [4.69, 9.17) is 16.7 Å². The fraction of sp³-hybridized carbons (Fsp3) is 0.250. The maximum Gasteiger partial charge on any atom is 0.308 e. The van der Waals surface area contributed by atoms with Crippen LogP contribution in [-0.2, 0) is 4.79 Å². The topological polar surface area (TPSA) is 57.6 Å². The predicted molar refractivity (Wildman–Crippen MR) is 88.5 cm³/mol. The molecule has 0 aliphatic rings. The van der Waals surface area contributed by atoms with E-state index in [1.54, 1.807) is 32.2 Å². The van der Waals surface area contributed by atoms with Crippen molar-refractivity contribution >= 4 is 34.8 Å². The molecule has 0 saturated carbocycles. The summed E-state index contributed by atoms with van der Waals surface area (Å²) in [6.07, 6.45) is 0. The number of rotatable bonds is 5. The van der Waals surface area contributed by atoms with Gasteiger partial charge in [-0.15, -0.1) is 11.3 Å². The van der Waals surface area contributed by atoms with Gasteiger partial charge in [0, 0.05) is 23.5 Å². The molecule has 0 aliphatic heterocycles. The Balaban J connectivity index is 2.12. The van der Waals surface area contributed by atoms with Gasteiger partial charge in [-0.2, -0.15) is 0 Å². The lowest BCUT2D eigenvalue weighted by molar-refractivity contribution is -0.141. The predicted octanol–water partition coefficient (Wildman–Crippen LogP) is 3.86. The number of halogens is 1. The van der Waals surface area contributed by atoms with Gasteiger partial charge in [-0.1, -0.05) is 30.7 Å². The molecular formula is C16H16ClNO3S. The second-order valence-corrected chi connectivity index (χ2v) is 6.62. The van der Waals surface area contributed by atoms with Crippen LogP contribution in [0.4, 0.5) is 0 Å². The zero-order valence-corrected chi connectivity index (χ0v) is 13.8. The van der Waals surface area contributed by atoms with Crippen molar-refractivity contribution in [2.75, 3.05) is 13.6 Å². The largest absolute Gasteiger partial charge is 0.481 e. The van der Waals surface area contributed by atoms with E-state index >= 15 is 0 Å². The molecule has 0 fully saturated rings. The summed E-state index contributed by atoms with van der Waals surface area (Å²) in [6.45, 7) is 1.77. The number of carboxylic acids is 1. The van der Waals surface area contributed by atoms with Crippen molar-refractivity contribution in [2.24, 2.45) is 5.92 Å². The summed E-state index contributed by atoms with van der Waals surface area (Å²) in [4.78, 5) is 26.2. The molecule has 1 aromatic heterocycles. The van der Waals surface area contributed by atoms with Crippen LogP contribution in [0.1, 0.15) is 16.6 Å². The first-order valence-electron chi connectivity index (χ1n) is 6.72. The lowest BCUT2D eigenvalue weighted by Crippen LogP contribution is -2.33.